The predicted octanol–water partition coefficient (Wildman–Crippen LogP) is 3.59. The van der Waals surface area contributed by atoms with Crippen LogP contribution in [0.15, 0.2) is 22.7 Å². The molecule has 0 unspecified atom stereocenters. The van der Waals surface area contributed by atoms with Crippen molar-refractivity contribution in [2.75, 3.05) is 13.9 Å². The Bertz CT molecular complexity index is 728. The van der Waals surface area contributed by atoms with E-state index >= 15 is 0 Å². The van der Waals surface area contributed by atoms with Gasteiger partial charge < -0.3 is 13.7 Å². The van der Waals surface area contributed by atoms with Crippen molar-refractivity contribution in [2.24, 2.45) is 0 Å². The average Bonchev–Trinajstić information content (AvgIpc) is 2.43. The van der Waals surface area contributed by atoms with E-state index in [1.54, 1.807) is 6.07 Å². The van der Waals surface area contributed by atoms with Crippen LogP contribution in [0.4, 0.5) is 13.2 Å². The average molecular weight is 417 g/mol. The van der Waals surface area contributed by atoms with Crippen LogP contribution in [0, 0.1) is 0 Å². The Balaban J connectivity index is 2.37. The number of allylic oxidation sites excluding steroid dienone is 1. The number of rotatable bonds is 5. The van der Waals surface area contributed by atoms with Crippen molar-refractivity contribution < 1.29 is 35.2 Å². The number of hydrogen-bond acceptors (Lipinski definition) is 5. The second-order valence-corrected chi connectivity index (χ2v) is 6.97. The highest BCUT2D eigenvalue weighted by atomic mass is 79.9. The molecule has 23 heavy (non-hydrogen) atoms. The van der Waals surface area contributed by atoms with Gasteiger partial charge in [-0.1, -0.05) is 0 Å². The van der Waals surface area contributed by atoms with Crippen molar-refractivity contribution >= 4 is 31.8 Å². The monoisotopic (exact) mass is 416 g/mol. The SMILES string of the molecule is COCOc1cc(Br)c2c(c1)CCC=C2OS(=O)(=O)C(F)(F)F. The van der Waals surface area contributed by atoms with Crippen molar-refractivity contribution in [1.82, 2.24) is 0 Å². The molecule has 0 bridgehead atoms. The fourth-order valence-corrected chi connectivity index (χ4v) is 3.18. The Hall–Kier alpha value is -1.26. The van der Waals surface area contributed by atoms with E-state index in [0.29, 0.717) is 28.6 Å². The summed E-state index contributed by atoms with van der Waals surface area (Å²) in [5.74, 6) is 0.0890. The number of benzene rings is 1. The van der Waals surface area contributed by atoms with E-state index in [0.717, 1.165) is 0 Å². The van der Waals surface area contributed by atoms with Crippen LogP contribution in [0.3, 0.4) is 0 Å². The summed E-state index contributed by atoms with van der Waals surface area (Å²) in [5.41, 5.74) is -4.62. The van der Waals surface area contributed by atoms with Crippen LogP contribution in [-0.2, 0) is 25.5 Å². The van der Waals surface area contributed by atoms with E-state index in [9.17, 15) is 21.6 Å². The summed E-state index contributed by atoms with van der Waals surface area (Å²) in [6, 6.07) is 3.11. The number of alkyl halides is 3. The van der Waals surface area contributed by atoms with E-state index in [1.807, 2.05) is 0 Å². The Morgan fingerprint density at radius 3 is 2.61 bits per heavy atom. The summed E-state index contributed by atoms with van der Waals surface area (Å²) in [7, 11) is -4.27. The van der Waals surface area contributed by atoms with Gasteiger partial charge in [-0.05, 0) is 52.5 Å². The molecule has 0 heterocycles. The number of ether oxygens (including phenoxy) is 2. The first-order valence-corrected chi connectivity index (χ1v) is 8.51. The summed E-state index contributed by atoms with van der Waals surface area (Å²) in [4.78, 5) is 0. The summed E-state index contributed by atoms with van der Waals surface area (Å²) >= 11 is 3.21. The van der Waals surface area contributed by atoms with Crippen molar-refractivity contribution in [3.8, 4) is 5.75 Å². The molecule has 0 saturated heterocycles. The number of fused-ring (bicyclic) bond motifs is 1. The molecule has 1 aliphatic rings. The molecule has 0 aromatic heterocycles. The van der Waals surface area contributed by atoms with Gasteiger partial charge in [0.1, 0.15) is 11.5 Å². The lowest BCUT2D eigenvalue weighted by molar-refractivity contribution is -0.0509. The molecule has 5 nitrogen and oxygen atoms in total. The quantitative estimate of drug-likeness (QED) is 0.417. The van der Waals surface area contributed by atoms with Crippen LogP contribution < -0.4 is 4.74 Å². The van der Waals surface area contributed by atoms with E-state index in [-0.39, 0.29) is 18.1 Å². The van der Waals surface area contributed by atoms with Crippen LogP contribution in [0.2, 0.25) is 0 Å². The molecule has 0 amide bonds. The number of halogens is 4. The number of hydrogen-bond donors (Lipinski definition) is 0. The first kappa shape index (κ1) is 18.1. The van der Waals surface area contributed by atoms with Gasteiger partial charge in [-0.25, -0.2) is 0 Å². The summed E-state index contributed by atoms with van der Waals surface area (Å²) in [6.45, 7) is 0.00682. The highest BCUT2D eigenvalue weighted by Gasteiger charge is 2.49. The molecule has 0 N–H and O–H groups in total. The van der Waals surface area contributed by atoms with E-state index in [1.165, 1.54) is 19.3 Å². The maximum Gasteiger partial charge on any atom is 0.534 e. The maximum atomic E-state index is 12.5. The van der Waals surface area contributed by atoms with Gasteiger partial charge in [0.15, 0.2) is 6.79 Å². The molecule has 1 aromatic rings. The van der Waals surface area contributed by atoms with Gasteiger partial charge in [-0.2, -0.15) is 21.6 Å². The highest BCUT2D eigenvalue weighted by molar-refractivity contribution is 9.10. The van der Waals surface area contributed by atoms with E-state index < -0.39 is 15.6 Å². The largest absolute Gasteiger partial charge is 0.534 e. The topological polar surface area (TPSA) is 61.8 Å². The van der Waals surface area contributed by atoms with Crippen molar-refractivity contribution in [3.63, 3.8) is 0 Å². The van der Waals surface area contributed by atoms with Gasteiger partial charge in [0.2, 0.25) is 0 Å². The van der Waals surface area contributed by atoms with Crippen LogP contribution in [-0.4, -0.2) is 27.8 Å². The lowest BCUT2D eigenvalue weighted by atomic mass is 9.96. The molecule has 0 atom stereocenters. The first-order chi connectivity index (χ1) is 10.7. The van der Waals surface area contributed by atoms with Crippen molar-refractivity contribution in [3.05, 3.63) is 33.8 Å². The zero-order valence-corrected chi connectivity index (χ0v) is 14.2. The summed E-state index contributed by atoms with van der Waals surface area (Å²) < 4.78 is 74.6. The second-order valence-electron chi connectivity index (χ2n) is 4.58. The number of aryl methyl sites for hydroxylation is 1. The molecule has 10 heteroatoms. The lowest BCUT2D eigenvalue weighted by Gasteiger charge is -2.21. The molecule has 0 spiro atoms. The predicted molar refractivity (Wildman–Crippen MR) is 79.0 cm³/mol. The van der Waals surface area contributed by atoms with Crippen molar-refractivity contribution in [1.29, 1.82) is 0 Å². The fourth-order valence-electron chi connectivity index (χ4n) is 2.02. The highest BCUT2D eigenvalue weighted by Crippen LogP contribution is 2.39. The van der Waals surface area contributed by atoms with E-state index in [2.05, 4.69) is 20.1 Å². The van der Waals surface area contributed by atoms with Gasteiger partial charge in [0.05, 0.1) is 0 Å². The van der Waals surface area contributed by atoms with Crippen LogP contribution >= 0.6 is 15.9 Å². The molecular formula is C13H12BrF3O5S. The second kappa shape index (κ2) is 6.70. The zero-order valence-electron chi connectivity index (χ0n) is 11.8. The van der Waals surface area contributed by atoms with Gasteiger partial charge in [0.25, 0.3) is 0 Å². The third kappa shape index (κ3) is 3.99. The minimum atomic E-state index is -5.72. The molecule has 0 saturated carbocycles. The third-order valence-corrected chi connectivity index (χ3v) is 4.55. The van der Waals surface area contributed by atoms with Crippen LogP contribution in [0.5, 0.6) is 5.75 Å². The fraction of sp³-hybridized carbons (Fsp3) is 0.385. The van der Waals surface area contributed by atoms with Crippen LogP contribution in [0.25, 0.3) is 5.76 Å². The summed E-state index contributed by atoms with van der Waals surface area (Å²) in [5, 5.41) is 0. The Kier molecular flexibility index (Phi) is 5.27. The molecule has 0 fully saturated rings. The van der Waals surface area contributed by atoms with Gasteiger partial charge in [-0.15, -0.1) is 0 Å². The third-order valence-electron chi connectivity index (χ3n) is 2.96. The standard InChI is InChI=1S/C13H12BrF3O5S/c1-20-7-21-9-5-8-3-2-4-11(12(8)10(14)6-9)22-23(18,19)13(15,16)17/h4-6H,2-3,7H2,1H3. The molecule has 1 aromatic carbocycles. The maximum absolute atomic E-state index is 12.5. The van der Waals surface area contributed by atoms with E-state index in [4.69, 9.17) is 9.47 Å². The Labute approximate surface area is 139 Å². The Morgan fingerprint density at radius 2 is 2.00 bits per heavy atom. The van der Waals surface area contributed by atoms with Crippen molar-refractivity contribution in [2.45, 2.75) is 18.3 Å². The minimum absolute atomic E-state index is 0.00682. The smallest absolute Gasteiger partial charge is 0.468 e. The first-order valence-electron chi connectivity index (χ1n) is 6.31. The molecule has 1 aliphatic carbocycles. The molecule has 0 radical (unpaired) electrons. The molecular weight excluding hydrogens is 405 g/mol. The van der Waals surface area contributed by atoms with Crippen LogP contribution in [0.1, 0.15) is 17.5 Å². The number of methoxy groups -OCH3 is 1. The molecule has 0 aliphatic heterocycles. The van der Waals surface area contributed by atoms with Gasteiger partial charge >= 0.3 is 15.6 Å². The normalized spacial score (nSPS) is 14.9. The molecule has 2 rings (SSSR count). The summed E-state index contributed by atoms with van der Waals surface area (Å²) in [6.07, 6.45) is 2.17. The molecule has 128 valence electrons. The zero-order chi connectivity index (χ0) is 17.3. The van der Waals surface area contributed by atoms with Gasteiger partial charge in [-0.3, -0.25) is 0 Å². The van der Waals surface area contributed by atoms with Gasteiger partial charge in [0, 0.05) is 17.1 Å². The Morgan fingerprint density at radius 1 is 1.30 bits per heavy atom. The lowest BCUT2D eigenvalue weighted by Crippen LogP contribution is -2.25. The minimum Gasteiger partial charge on any atom is -0.468 e.